The molecule has 1 aliphatic carbocycles. The second kappa shape index (κ2) is 7.64. The molecule has 6 nitrogen and oxygen atoms in total. The molecule has 0 bridgehead atoms. The fourth-order valence-corrected chi connectivity index (χ4v) is 5.29. The van der Waals surface area contributed by atoms with E-state index >= 15 is 0 Å². The number of nitrogens with zero attached hydrogens (tertiary/aromatic N) is 2. The number of nitrogens with one attached hydrogen (secondary N) is 1. The first-order valence-corrected chi connectivity index (χ1v) is 11.2. The number of amides is 1. The van der Waals surface area contributed by atoms with Crippen molar-refractivity contribution in [1.29, 1.82) is 0 Å². The van der Waals surface area contributed by atoms with Gasteiger partial charge in [-0.2, -0.15) is 4.31 Å². The molecule has 2 aliphatic rings. The standard InChI is InChI=1S/C21H25N3O3S/c25-20(23-21(10-11-21)15-17-5-2-1-3-6-17)18-8-13-24(14-9-18)28(26,27)19-7-4-12-22-16-19/h1-7,12,16,18H,8-11,13-15H2,(H,23,25). The minimum atomic E-state index is -3.54. The van der Waals surface area contributed by atoms with Gasteiger partial charge >= 0.3 is 0 Å². The summed E-state index contributed by atoms with van der Waals surface area (Å²) in [6.45, 7) is 0.724. The van der Waals surface area contributed by atoms with Crippen LogP contribution in [-0.4, -0.2) is 42.2 Å². The number of hydrogen-bond donors (Lipinski definition) is 1. The number of aromatic nitrogens is 1. The lowest BCUT2D eigenvalue weighted by atomic mass is 9.95. The van der Waals surface area contributed by atoms with Crippen LogP contribution in [0.5, 0.6) is 0 Å². The molecule has 1 amide bonds. The SMILES string of the molecule is O=C(NC1(Cc2ccccc2)CC1)C1CCN(S(=O)(=O)c2cccnc2)CC1. The van der Waals surface area contributed by atoms with Gasteiger partial charge in [0.2, 0.25) is 15.9 Å². The molecule has 1 aromatic carbocycles. The van der Waals surface area contributed by atoms with Gasteiger partial charge in [0.25, 0.3) is 0 Å². The highest BCUT2D eigenvalue weighted by Crippen LogP contribution is 2.39. The van der Waals surface area contributed by atoms with E-state index in [1.54, 1.807) is 18.3 Å². The van der Waals surface area contributed by atoms with Crippen LogP contribution < -0.4 is 5.32 Å². The number of piperidine rings is 1. The summed E-state index contributed by atoms with van der Waals surface area (Å²) >= 11 is 0. The highest BCUT2D eigenvalue weighted by molar-refractivity contribution is 7.89. The maximum absolute atomic E-state index is 12.8. The molecule has 0 radical (unpaired) electrons. The zero-order chi connectivity index (χ0) is 19.6. The topological polar surface area (TPSA) is 79.4 Å². The van der Waals surface area contributed by atoms with Crippen molar-refractivity contribution in [3.63, 3.8) is 0 Å². The Bertz CT molecular complexity index is 920. The molecular weight excluding hydrogens is 374 g/mol. The van der Waals surface area contributed by atoms with E-state index in [1.807, 2.05) is 18.2 Å². The van der Waals surface area contributed by atoms with Gasteiger partial charge in [0.1, 0.15) is 4.90 Å². The van der Waals surface area contributed by atoms with Crippen molar-refractivity contribution in [3.8, 4) is 0 Å². The first-order valence-electron chi connectivity index (χ1n) is 9.75. The summed E-state index contributed by atoms with van der Waals surface area (Å²) in [7, 11) is -3.54. The maximum Gasteiger partial charge on any atom is 0.244 e. The van der Waals surface area contributed by atoms with Crippen molar-refractivity contribution in [2.45, 2.75) is 42.5 Å². The monoisotopic (exact) mass is 399 g/mol. The van der Waals surface area contributed by atoms with E-state index in [0.29, 0.717) is 25.9 Å². The van der Waals surface area contributed by atoms with Gasteiger partial charge in [0, 0.05) is 36.9 Å². The third kappa shape index (κ3) is 4.10. The molecule has 0 atom stereocenters. The largest absolute Gasteiger partial charge is 0.350 e. The van der Waals surface area contributed by atoms with Crippen molar-refractivity contribution in [1.82, 2.24) is 14.6 Å². The van der Waals surface area contributed by atoms with E-state index in [9.17, 15) is 13.2 Å². The van der Waals surface area contributed by atoms with Crippen molar-refractivity contribution < 1.29 is 13.2 Å². The van der Waals surface area contributed by atoms with Crippen molar-refractivity contribution in [2.75, 3.05) is 13.1 Å². The molecule has 1 aromatic heterocycles. The van der Waals surface area contributed by atoms with Gasteiger partial charge in [-0.1, -0.05) is 30.3 Å². The normalized spacial score (nSPS) is 19.9. The molecule has 1 N–H and O–H groups in total. The number of carbonyl (C=O) groups excluding carboxylic acids is 1. The van der Waals surface area contributed by atoms with Crippen LogP contribution in [0.2, 0.25) is 0 Å². The fourth-order valence-electron chi connectivity index (χ4n) is 3.85. The summed E-state index contributed by atoms with van der Waals surface area (Å²) in [5.41, 5.74) is 1.12. The predicted octanol–water partition coefficient (Wildman–Crippen LogP) is 2.37. The molecule has 7 heteroatoms. The van der Waals surface area contributed by atoms with Crippen LogP contribution in [0.3, 0.4) is 0 Å². The number of sulfonamides is 1. The molecule has 1 saturated heterocycles. The van der Waals surface area contributed by atoms with Crippen molar-refractivity contribution >= 4 is 15.9 Å². The van der Waals surface area contributed by atoms with Crippen LogP contribution in [0.1, 0.15) is 31.2 Å². The molecule has 0 spiro atoms. The smallest absolute Gasteiger partial charge is 0.244 e. The van der Waals surface area contributed by atoms with E-state index in [2.05, 4.69) is 22.4 Å². The third-order valence-corrected chi connectivity index (χ3v) is 7.61. The van der Waals surface area contributed by atoms with Gasteiger partial charge in [0.05, 0.1) is 0 Å². The van der Waals surface area contributed by atoms with Crippen molar-refractivity contribution in [3.05, 3.63) is 60.4 Å². The zero-order valence-electron chi connectivity index (χ0n) is 15.8. The summed E-state index contributed by atoms with van der Waals surface area (Å²) < 4.78 is 26.8. The van der Waals surface area contributed by atoms with Crippen LogP contribution >= 0.6 is 0 Å². The second-order valence-corrected chi connectivity index (χ2v) is 9.74. The lowest BCUT2D eigenvalue weighted by molar-refractivity contribution is -0.127. The molecule has 148 valence electrons. The minimum absolute atomic E-state index is 0.0619. The predicted molar refractivity (Wildman–Crippen MR) is 106 cm³/mol. The maximum atomic E-state index is 12.8. The second-order valence-electron chi connectivity index (χ2n) is 7.80. The summed E-state index contributed by atoms with van der Waals surface area (Å²) in [6, 6.07) is 13.4. The molecule has 2 fully saturated rings. The number of benzene rings is 1. The summed E-state index contributed by atoms with van der Waals surface area (Å²) in [5.74, 6) is -0.0690. The quantitative estimate of drug-likeness (QED) is 0.809. The summed E-state index contributed by atoms with van der Waals surface area (Å²) in [6.07, 6.45) is 6.88. The highest BCUT2D eigenvalue weighted by atomic mass is 32.2. The zero-order valence-corrected chi connectivity index (χ0v) is 16.6. The Morgan fingerprint density at radius 2 is 1.82 bits per heavy atom. The first kappa shape index (κ1) is 19.1. The number of rotatable bonds is 6. The van der Waals surface area contributed by atoms with Crippen molar-refractivity contribution in [2.24, 2.45) is 5.92 Å². The van der Waals surface area contributed by atoms with Crippen LogP contribution in [0, 0.1) is 5.92 Å². The Balaban J connectivity index is 1.33. The molecule has 28 heavy (non-hydrogen) atoms. The molecule has 2 aromatic rings. The lowest BCUT2D eigenvalue weighted by Gasteiger charge is -2.31. The Morgan fingerprint density at radius 3 is 2.43 bits per heavy atom. The van der Waals surface area contributed by atoms with E-state index in [4.69, 9.17) is 0 Å². The number of pyridine rings is 1. The average molecular weight is 400 g/mol. The van der Waals surface area contributed by atoms with E-state index in [-0.39, 0.29) is 22.3 Å². The van der Waals surface area contributed by atoms with Gasteiger partial charge in [-0.05, 0) is 49.8 Å². The fraction of sp³-hybridized carbons (Fsp3) is 0.429. The Labute approximate surface area is 166 Å². The number of carbonyl (C=O) groups is 1. The molecule has 1 aliphatic heterocycles. The summed E-state index contributed by atoms with van der Waals surface area (Å²) in [5, 5.41) is 3.25. The van der Waals surface area contributed by atoms with Gasteiger partial charge in [0.15, 0.2) is 0 Å². The summed E-state index contributed by atoms with van der Waals surface area (Å²) in [4.78, 5) is 16.9. The van der Waals surface area contributed by atoms with Gasteiger partial charge in [-0.15, -0.1) is 0 Å². The Morgan fingerprint density at radius 1 is 1.11 bits per heavy atom. The molecule has 4 rings (SSSR count). The highest BCUT2D eigenvalue weighted by Gasteiger charge is 2.45. The van der Waals surface area contributed by atoms with Crippen LogP contribution in [-0.2, 0) is 21.2 Å². The van der Waals surface area contributed by atoms with Gasteiger partial charge < -0.3 is 5.32 Å². The molecule has 0 unspecified atom stereocenters. The average Bonchev–Trinajstić information content (AvgIpc) is 3.48. The Kier molecular flexibility index (Phi) is 5.21. The molecule has 2 heterocycles. The first-order chi connectivity index (χ1) is 13.5. The molecule has 1 saturated carbocycles. The molecular formula is C21H25N3O3S. The van der Waals surface area contributed by atoms with Crippen LogP contribution in [0.15, 0.2) is 59.8 Å². The van der Waals surface area contributed by atoms with Crippen LogP contribution in [0.25, 0.3) is 0 Å². The van der Waals surface area contributed by atoms with Gasteiger partial charge in [-0.3, -0.25) is 9.78 Å². The Hall–Kier alpha value is -2.25. The number of hydrogen-bond acceptors (Lipinski definition) is 4. The van der Waals surface area contributed by atoms with E-state index in [0.717, 1.165) is 19.3 Å². The third-order valence-electron chi connectivity index (χ3n) is 5.72. The van der Waals surface area contributed by atoms with E-state index in [1.165, 1.54) is 16.1 Å². The van der Waals surface area contributed by atoms with Gasteiger partial charge in [-0.25, -0.2) is 8.42 Å². The van der Waals surface area contributed by atoms with Crippen LogP contribution in [0.4, 0.5) is 0 Å². The minimum Gasteiger partial charge on any atom is -0.350 e. The lowest BCUT2D eigenvalue weighted by Crippen LogP contribution is -2.46. The van der Waals surface area contributed by atoms with E-state index < -0.39 is 10.0 Å².